The molecule has 1 atom stereocenters. The van der Waals surface area contributed by atoms with Gasteiger partial charge in [-0.05, 0) is 32.7 Å². The summed E-state index contributed by atoms with van der Waals surface area (Å²) in [6, 6.07) is -0.317. The van der Waals surface area contributed by atoms with Gasteiger partial charge in [0.1, 0.15) is 6.04 Å². The van der Waals surface area contributed by atoms with Crippen LogP contribution in [0.3, 0.4) is 0 Å². The zero-order chi connectivity index (χ0) is 13.9. The average Bonchev–Trinajstić information content (AvgIpc) is 2.67. The smallest absolute Gasteiger partial charge is 0.325 e. The molecule has 4 nitrogen and oxygen atoms in total. The topological polar surface area (TPSA) is 47.6 Å². The Hall–Kier alpha value is -0.610. The number of ether oxygens (including phenoxy) is 2. The van der Waals surface area contributed by atoms with Gasteiger partial charge in [-0.25, -0.2) is 0 Å². The Morgan fingerprint density at radius 3 is 2.47 bits per heavy atom. The second kappa shape index (κ2) is 10.2. The van der Waals surface area contributed by atoms with Crippen LogP contribution in [0.25, 0.3) is 0 Å². The van der Waals surface area contributed by atoms with Gasteiger partial charge in [0.25, 0.3) is 0 Å². The van der Waals surface area contributed by atoms with Crippen LogP contribution in [0.5, 0.6) is 0 Å². The number of nitrogens with one attached hydrogen (secondary N) is 1. The molecule has 0 radical (unpaired) electrons. The highest BCUT2D eigenvalue weighted by atomic mass is 16.5. The lowest BCUT2D eigenvalue weighted by molar-refractivity contribution is -0.148. The molecule has 0 aromatic rings. The van der Waals surface area contributed by atoms with Crippen LogP contribution in [0.2, 0.25) is 0 Å². The molecule has 1 unspecified atom stereocenters. The van der Waals surface area contributed by atoms with Crippen LogP contribution in [0.1, 0.15) is 58.8 Å². The first kappa shape index (κ1) is 16.4. The minimum absolute atomic E-state index is 0.190. The van der Waals surface area contributed by atoms with Crippen LogP contribution in [-0.4, -0.2) is 37.9 Å². The van der Waals surface area contributed by atoms with E-state index in [2.05, 4.69) is 12.2 Å². The molecule has 112 valence electrons. The molecule has 1 saturated carbocycles. The van der Waals surface area contributed by atoms with Crippen molar-refractivity contribution in [3.8, 4) is 0 Å². The van der Waals surface area contributed by atoms with Gasteiger partial charge in [0.2, 0.25) is 0 Å². The minimum Gasteiger partial charge on any atom is -0.465 e. The molecule has 0 saturated heterocycles. The second-order valence-corrected chi connectivity index (χ2v) is 5.21. The summed E-state index contributed by atoms with van der Waals surface area (Å²) >= 11 is 0. The van der Waals surface area contributed by atoms with Crippen molar-refractivity contribution in [3.05, 3.63) is 0 Å². The minimum atomic E-state index is -0.317. The van der Waals surface area contributed by atoms with Crippen molar-refractivity contribution in [1.82, 2.24) is 5.32 Å². The summed E-state index contributed by atoms with van der Waals surface area (Å²) in [4.78, 5) is 11.8. The molecule has 1 rings (SSSR count). The molecule has 0 amide bonds. The maximum absolute atomic E-state index is 11.8. The molecule has 0 heterocycles. The van der Waals surface area contributed by atoms with Gasteiger partial charge >= 0.3 is 5.97 Å². The van der Waals surface area contributed by atoms with Crippen LogP contribution in [0, 0.1) is 0 Å². The van der Waals surface area contributed by atoms with E-state index in [1.54, 1.807) is 0 Å². The van der Waals surface area contributed by atoms with E-state index in [0.717, 1.165) is 25.8 Å². The fraction of sp³-hybridized carbons (Fsp3) is 0.933. The quantitative estimate of drug-likeness (QED) is 0.544. The molecule has 0 spiro atoms. The second-order valence-electron chi connectivity index (χ2n) is 5.21. The van der Waals surface area contributed by atoms with E-state index in [4.69, 9.17) is 9.47 Å². The summed E-state index contributed by atoms with van der Waals surface area (Å²) in [7, 11) is 0. The first-order chi connectivity index (χ1) is 9.27. The first-order valence-corrected chi connectivity index (χ1v) is 7.79. The summed E-state index contributed by atoms with van der Waals surface area (Å²) in [5.74, 6) is -0.190. The molecular formula is C15H29NO3. The molecule has 0 aliphatic heterocycles. The van der Waals surface area contributed by atoms with Crippen molar-refractivity contribution in [2.45, 2.75) is 70.9 Å². The lowest BCUT2D eigenvalue weighted by Crippen LogP contribution is -2.43. The van der Waals surface area contributed by atoms with Crippen molar-refractivity contribution in [2.75, 3.05) is 19.8 Å². The van der Waals surface area contributed by atoms with E-state index in [9.17, 15) is 4.79 Å². The van der Waals surface area contributed by atoms with E-state index in [1.165, 1.54) is 25.7 Å². The number of rotatable bonds is 8. The fourth-order valence-corrected chi connectivity index (χ4v) is 2.41. The molecule has 1 fully saturated rings. The predicted molar refractivity (Wildman–Crippen MR) is 76.2 cm³/mol. The summed E-state index contributed by atoms with van der Waals surface area (Å²) < 4.78 is 11.0. The van der Waals surface area contributed by atoms with Crippen molar-refractivity contribution in [1.29, 1.82) is 0 Å². The largest absolute Gasteiger partial charge is 0.465 e. The van der Waals surface area contributed by atoms with Crippen molar-refractivity contribution < 1.29 is 14.3 Å². The number of hydrogen-bond acceptors (Lipinski definition) is 4. The number of carbonyl (C=O) groups is 1. The highest BCUT2D eigenvalue weighted by Gasteiger charge is 2.21. The van der Waals surface area contributed by atoms with Crippen LogP contribution in [0.15, 0.2) is 0 Å². The van der Waals surface area contributed by atoms with Crippen molar-refractivity contribution in [3.63, 3.8) is 0 Å². The van der Waals surface area contributed by atoms with Gasteiger partial charge in [-0.1, -0.05) is 32.6 Å². The third-order valence-corrected chi connectivity index (χ3v) is 3.51. The predicted octanol–water partition coefficient (Wildman–Crippen LogP) is 2.66. The zero-order valence-electron chi connectivity index (χ0n) is 12.5. The van der Waals surface area contributed by atoms with Gasteiger partial charge in [0.15, 0.2) is 0 Å². The van der Waals surface area contributed by atoms with Crippen molar-refractivity contribution in [2.24, 2.45) is 0 Å². The van der Waals surface area contributed by atoms with Crippen molar-refractivity contribution >= 4 is 5.97 Å². The number of hydrogen-bond donors (Lipinski definition) is 1. The highest BCUT2D eigenvalue weighted by Crippen LogP contribution is 2.19. The SMILES string of the molecule is CCCNC(COC1CCCCCC1)C(=O)OCC. The molecule has 1 aliphatic carbocycles. The summed E-state index contributed by atoms with van der Waals surface area (Å²) in [5.41, 5.74) is 0. The van der Waals surface area contributed by atoms with Crippen LogP contribution < -0.4 is 5.32 Å². The van der Waals surface area contributed by atoms with Gasteiger partial charge in [0, 0.05) is 0 Å². The third-order valence-electron chi connectivity index (χ3n) is 3.51. The first-order valence-electron chi connectivity index (χ1n) is 7.79. The Kier molecular flexibility index (Phi) is 8.84. The highest BCUT2D eigenvalue weighted by molar-refractivity contribution is 5.75. The molecule has 0 bridgehead atoms. The van der Waals surface area contributed by atoms with E-state index in [0.29, 0.717) is 19.3 Å². The summed E-state index contributed by atoms with van der Waals surface area (Å²) in [6.45, 7) is 5.59. The monoisotopic (exact) mass is 271 g/mol. The maximum Gasteiger partial charge on any atom is 0.325 e. The molecule has 1 aliphatic rings. The Morgan fingerprint density at radius 2 is 1.89 bits per heavy atom. The van der Waals surface area contributed by atoms with Gasteiger partial charge in [-0.2, -0.15) is 0 Å². The lowest BCUT2D eigenvalue weighted by atomic mass is 10.1. The molecule has 0 aromatic carbocycles. The molecular weight excluding hydrogens is 242 g/mol. The van der Waals surface area contributed by atoms with E-state index in [1.807, 2.05) is 6.92 Å². The van der Waals surface area contributed by atoms with E-state index in [-0.39, 0.29) is 12.0 Å². The van der Waals surface area contributed by atoms with Crippen LogP contribution in [0.4, 0.5) is 0 Å². The van der Waals surface area contributed by atoms with Crippen LogP contribution >= 0.6 is 0 Å². The number of esters is 1. The molecule has 1 N–H and O–H groups in total. The van der Waals surface area contributed by atoms with Gasteiger partial charge in [0.05, 0.1) is 19.3 Å². The summed E-state index contributed by atoms with van der Waals surface area (Å²) in [5, 5.41) is 3.21. The Balaban J connectivity index is 2.35. The van der Waals surface area contributed by atoms with E-state index >= 15 is 0 Å². The molecule has 0 aromatic heterocycles. The average molecular weight is 271 g/mol. The fourth-order valence-electron chi connectivity index (χ4n) is 2.41. The Morgan fingerprint density at radius 1 is 1.21 bits per heavy atom. The standard InChI is InChI=1S/C15H29NO3/c1-3-11-16-14(15(17)18-4-2)12-19-13-9-7-5-6-8-10-13/h13-14,16H,3-12H2,1-2H3. The normalized spacial score (nSPS) is 18.8. The van der Waals surface area contributed by atoms with Gasteiger partial charge < -0.3 is 14.8 Å². The zero-order valence-corrected chi connectivity index (χ0v) is 12.5. The van der Waals surface area contributed by atoms with Crippen LogP contribution in [-0.2, 0) is 14.3 Å². The van der Waals surface area contributed by atoms with Gasteiger partial charge in [-0.15, -0.1) is 0 Å². The Bertz CT molecular complexity index is 238. The number of carbonyl (C=O) groups excluding carboxylic acids is 1. The van der Waals surface area contributed by atoms with Gasteiger partial charge in [-0.3, -0.25) is 4.79 Å². The molecule has 19 heavy (non-hydrogen) atoms. The lowest BCUT2D eigenvalue weighted by Gasteiger charge is -2.21. The summed E-state index contributed by atoms with van der Waals surface area (Å²) in [6.07, 6.45) is 8.70. The maximum atomic E-state index is 11.8. The molecule has 4 heteroatoms. The third kappa shape index (κ3) is 6.92. The van der Waals surface area contributed by atoms with E-state index < -0.39 is 0 Å². The Labute approximate surface area is 117 Å².